The SMILES string of the molecule is COc1ccc(-n2nc(C)c(O)c2C)cc1. The molecule has 0 spiro atoms. The van der Waals surface area contributed by atoms with Crippen LogP contribution in [0.3, 0.4) is 0 Å². The van der Waals surface area contributed by atoms with Crippen molar-refractivity contribution in [2.45, 2.75) is 13.8 Å². The van der Waals surface area contributed by atoms with Gasteiger partial charge in [0, 0.05) is 0 Å². The molecule has 0 saturated heterocycles. The number of benzene rings is 1. The van der Waals surface area contributed by atoms with Gasteiger partial charge in [0.15, 0.2) is 5.75 Å². The van der Waals surface area contributed by atoms with Crippen molar-refractivity contribution in [1.29, 1.82) is 0 Å². The van der Waals surface area contributed by atoms with Gasteiger partial charge < -0.3 is 9.84 Å². The third-order valence-corrected chi connectivity index (χ3v) is 2.57. The van der Waals surface area contributed by atoms with Crippen molar-refractivity contribution >= 4 is 0 Å². The fourth-order valence-electron chi connectivity index (χ4n) is 1.61. The van der Waals surface area contributed by atoms with Crippen molar-refractivity contribution in [2.75, 3.05) is 7.11 Å². The maximum atomic E-state index is 9.68. The molecule has 4 heteroatoms. The molecule has 0 amide bonds. The van der Waals surface area contributed by atoms with Gasteiger partial charge >= 0.3 is 0 Å². The Labute approximate surface area is 94.1 Å². The molecule has 1 heterocycles. The second kappa shape index (κ2) is 3.89. The number of ether oxygens (including phenoxy) is 1. The van der Waals surface area contributed by atoms with Gasteiger partial charge in [-0.3, -0.25) is 0 Å². The summed E-state index contributed by atoms with van der Waals surface area (Å²) in [4.78, 5) is 0. The van der Waals surface area contributed by atoms with Crippen LogP contribution in [0, 0.1) is 13.8 Å². The van der Waals surface area contributed by atoms with Crippen molar-refractivity contribution in [1.82, 2.24) is 9.78 Å². The van der Waals surface area contributed by atoms with Crippen molar-refractivity contribution in [2.24, 2.45) is 0 Å². The first-order chi connectivity index (χ1) is 7.63. The molecule has 0 aliphatic rings. The van der Waals surface area contributed by atoms with Gasteiger partial charge in [0.1, 0.15) is 11.4 Å². The van der Waals surface area contributed by atoms with E-state index in [0.717, 1.165) is 17.1 Å². The van der Waals surface area contributed by atoms with E-state index < -0.39 is 0 Å². The van der Waals surface area contributed by atoms with Crippen LogP contribution in [0.15, 0.2) is 24.3 Å². The van der Waals surface area contributed by atoms with Gasteiger partial charge in [-0.25, -0.2) is 4.68 Å². The fourth-order valence-corrected chi connectivity index (χ4v) is 1.61. The summed E-state index contributed by atoms with van der Waals surface area (Å²) in [5.41, 5.74) is 2.28. The topological polar surface area (TPSA) is 47.3 Å². The van der Waals surface area contributed by atoms with Crippen LogP contribution in [0.4, 0.5) is 0 Å². The zero-order valence-electron chi connectivity index (χ0n) is 9.56. The van der Waals surface area contributed by atoms with Gasteiger partial charge in [-0.1, -0.05) is 0 Å². The third kappa shape index (κ3) is 1.62. The van der Waals surface area contributed by atoms with Crippen LogP contribution in [-0.2, 0) is 0 Å². The fraction of sp³-hybridized carbons (Fsp3) is 0.250. The average Bonchev–Trinajstić information content (AvgIpc) is 2.57. The number of hydrogen-bond donors (Lipinski definition) is 1. The van der Waals surface area contributed by atoms with Gasteiger partial charge in [0.25, 0.3) is 0 Å². The van der Waals surface area contributed by atoms with Crippen LogP contribution in [0.1, 0.15) is 11.4 Å². The van der Waals surface area contributed by atoms with Crippen LogP contribution in [-0.4, -0.2) is 22.0 Å². The van der Waals surface area contributed by atoms with Crippen molar-refractivity contribution < 1.29 is 9.84 Å². The smallest absolute Gasteiger partial charge is 0.159 e. The van der Waals surface area contributed by atoms with Crippen molar-refractivity contribution in [3.05, 3.63) is 35.7 Å². The summed E-state index contributed by atoms with van der Waals surface area (Å²) in [6.07, 6.45) is 0. The molecule has 4 nitrogen and oxygen atoms in total. The lowest BCUT2D eigenvalue weighted by molar-refractivity contribution is 0.414. The normalized spacial score (nSPS) is 10.4. The summed E-state index contributed by atoms with van der Waals surface area (Å²) in [7, 11) is 1.63. The summed E-state index contributed by atoms with van der Waals surface area (Å²) in [6.45, 7) is 3.61. The van der Waals surface area contributed by atoms with Crippen LogP contribution in [0.25, 0.3) is 5.69 Å². The Bertz CT molecular complexity index is 500. The molecular formula is C12H14N2O2. The van der Waals surface area contributed by atoms with E-state index in [4.69, 9.17) is 4.74 Å². The molecule has 84 valence electrons. The Morgan fingerprint density at radius 2 is 1.81 bits per heavy atom. The summed E-state index contributed by atoms with van der Waals surface area (Å²) in [6, 6.07) is 7.53. The lowest BCUT2D eigenvalue weighted by Gasteiger charge is -2.05. The van der Waals surface area contributed by atoms with Crippen molar-refractivity contribution in [3.8, 4) is 17.2 Å². The molecule has 0 unspecified atom stereocenters. The second-order valence-electron chi connectivity index (χ2n) is 3.63. The molecule has 1 aromatic heterocycles. The molecule has 2 rings (SSSR count). The molecule has 0 aliphatic carbocycles. The molecule has 0 radical (unpaired) electrons. The van der Waals surface area contributed by atoms with Crippen molar-refractivity contribution in [3.63, 3.8) is 0 Å². The van der Waals surface area contributed by atoms with E-state index in [9.17, 15) is 5.11 Å². The van der Waals surface area contributed by atoms with Crippen LogP contribution >= 0.6 is 0 Å². The molecule has 1 aromatic carbocycles. The highest BCUT2D eigenvalue weighted by Crippen LogP contribution is 2.24. The highest BCUT2D eigenvalue weighted by Gasteiger charge is 2.10. The summed E-state index contributed by atoms with van der Waals surface area (Å²) in [5, 5.41) is 13.9. The standard InChI is InChI=1S/C12H14N2O2/c1-8-12(15)9(2)14(13-8)10-4-6-11(16-3)7-5-10/h4-7,15H,1-3H3. The number of hydrogen-bond acceptors (Lipinski definition) is 3. The van der Waals surface area contributed by atoms with E-state index in [1.807, 2.05) is 31.2 Å². The highest BCUT2D eigenvalue weighted by molar-refractivity contribution is 5.42. The molecular weight excluding hydrogens is 204 g/mol. The van der Waals surface area contributed by atoms with Gasteiger partial charge in [-0.05, 0) is 38.1 Å². The van der Waals surface area contributed by atoms with E-state index in [1.54, 1.807) is 18.7 Å². The number of aryl methyl sites for hydroxylation is 1. The lowest BCUT2D eigenvalue weighted by Crippen LogP contribution is -1.98. The average molecular weight is 218 g/mol. The Morgan fingerprint density at radius 3 is 2.25 bits per heavy atom. The Kier molecular flexibility index (Phi) is 2.56. The minimum Gasteiger partial charge on any atom is -0.504 e. The zero-order chi connectivity index (χ0) is 11.7. The number of methoxy groups -OCH3 is 1. The lowest BCUT2D eigenvalue weighted by atomic mass is 10.3. The van der Waals surface area contributed by atoms with Crippen LogP contribution in [0.5, 0.6) is 11.5 Å². The predicted molar refractivity (Wildman–Crippen MR) is 61.3 cm³/mol. The van der Waals surface area contributed by atoms with Gasteiger partial charge in [0.05, 0.1) is 18.5 Å². The quantitative estimate of drug-likeness (QED) is 0.840. The van der Waals surface area contributed by atoms with Gasteiger partial charge in [-0.2, -0.15) is 5.10 Å². The molecule has 0 atom stereocenters. The van der Waals surface area contributed by atoms with Gasteiger partial charge in [-0.15, -0.1) is 0 Å². The van der Waals surface area contributed by atoms with E-state index in [2.05, 4.69) is 5.10 Å². The molecule has 0 bridgehead atoms. The molecule has 2 aromatic rings. The number of nitrogens with zero attached hydrogens (tertiary/aromatic N) is 2. The Balaban J connectivity index is 2.46. The van der Waals surface area contributed by atoms with Crippen LogP contribution < -0.4 is 4.74 Å². The molecule has 0 saturated carbocycles. The van der Waals surface area contributed by atoms with E-state index >= 15 is 0 Å². The van der Waals surface area contributed by atoms with E-state index in [-0.39, 0.29) is 5.75 Å². The monoisotopic (exact) mass is 218 g/mol. The third-order valence-electron chi connectivity index (χ3n) is 2.57. The first-order valence-corrected chi connectivity index (χ1v) is 5.03. The molecule has 0 aliphatic heterocycles. The maximum Gasteiger partial charge on any atom is 0.159 e. The molecule has 1 N–H and O–H groups in total. The number of aromatic hydroxyl groups is 1. The number of rotatable bonds is 2. The second-order valence-corrected chi connectivity index (χ2v) is 3.63. The summed E-state index contributed by atoms with van der Waals surface area (Å²) < 4.78 is 6.80. The largest absolute Gasteiger partial charge is 0.504 e. The summed E-state index contributed by atoms with van der Waals surface area (Å²) in [5.74, 6) is 1.05. The first-order valence-electron chi connectivity index (χ1n) is 5.03. The summed E-state index contributed by atoms with van der Waals surface area (Å²) >= 11 is 0. The van der Waals surface area contributed by atoms with E-state index in [1.165, 1.54) is 0 Å². The molecule has 16 heavy (non-hydrogen) atoms. The first kappa shape index (κ1) is 10.5. The number of aromatic nitrogens is 2. The van der Waals surface area contributed by atoms with Crippen LogP contribution in [0.2, 0.25) is 0 Å². The minimum atomic E-state index is 0.246. The minimum absolute atomic E-state index is 0.246. The Morgan fingerprint density at radius 1 is 1.19 bits per heavy atom. The predicted octanol–water partition coefficient (Wildman–Crippen LogP) is 2.20. The van der Waals surface area contributed by atoms with Gasteiger partial charge in [0.2, 0.25) is 0 Å². The Hall–Kier alpha value is -1.97. The highest BCUT2D eigenvalue weighted by atomic mass is 16.5. The zero-order valence-corrected chi connectivity index (χ0v) is 9.56. The van der Waals surface area contributed by atoms with E-state index in [0.29, 0.717) is 5.69 Å². The molecule has 0 fully saturated rings. The maximum absolute atomic E-state index is 9.68.